The van der Waals surface area contributed by atoms with E-state index in [1.54, 1.807) is 6.92 Å². The van der Waals surface area contributed by atoms with Crippen LogP contribution in [0.1, 0.15) is 6.92 Å². The van der Waals surface area contributed by atoms with Gasteiger partial charge in [-0.2, -0.15) is 0 Å². The maximum atomic E-state index is 11.3. The molecule has 0 aliphatic rings. The van der Waals surface area contributed by atoms with Gasteiger partial charge in [-0.1, -0.05) is 0 Å². The van der Waals surface area contributed by atoms with Gasteiger partial charge in [-0.3, -0.25) is 14.7 Å². The first-order valence-electron chi connectivity index (χ1n) is 5.57. The first-order valence-corrected chi connectivity index (χ1v) is 6.38. The number of hydrogen-bond acceptors (Lipinski definition) is 8. The van der Waals surface area contributed by atoms with Crippen molar-refractivity contribution in [3.8, 4) is 0 Å². The number of aromatic amines is 1. The Labute approximate surface area is 116 Å². The van der Waals surface area contributed by atoms with Crippen LogP contribution in [-0.4, -0.2) is 36.2 Å². The van der Waals surface area contributed by atoms with E-state index in [9.17, 15) is 14.9 Å². The fourth-order valence-corrected chi connectivity index (χ4v) is 2.26. The normalized spacial score (nSPS) is 10.5. The Morgan fingerprint density at radius 1 is 1.55 bits per heavy atom. The van der Waals surface area contributed by atoms with Gasteiger partial charge in [-0.15, -0.1) is 5.10 Å². The van der Waals surface area contributed by atoms with Crippen LogP contribution in [0.4, 0.5) is 11.5 Å². The van der Waals surface area contributed by atoms with Crippen LogP contribution in [0.15, 0.2) is 21.3 Å². The molecule has 0 atom stereocenters. The number of H-pyrrole nitrogens is 1. The molecule has 0 aromatic carbocycles. The van der Waals surface area contributed by atoms with E-state index in [2.05, 4.69) is 25.5 Å². The molecule has 2 heterocycles. The summed E-state index contributed by atoms with van der Waals surface area (Å²) in [5.74, 6) is 0.135. The van der Waals surface area contributed by atoms with Crippen molar-refractivity contribution >= 4 is 23.3 Å². The van der Waals surface area contributed by atoms with Gasteiger partial charge in [0.2, 0.25) is 5.82 Å². The summed E-state index contributed by atoms with van der Waals surface area (Å²) in [4.78, 5) is 29.6. The zero-order valence-corrected chi connectivity index (χ0v) is 11.5. The van der Waals surface area contributed by atoms with E-state index in [-0.39, 0.29) is 21.7 Å². The van der Waals surface area contributed by atoms with Crippen molar-refractivity contribution in [3.63, 3.8) is 0 Å². The lowest BCUT2D eigenvalue weighted by atomic mass is 10.5. The minimum absolute atomic E-state index is 0.114. The number of nitrogens with zero attached hydrogens (tertiary/aromatic N) is 5. The van der Waals surface area contributed by atoms with Crippen LogP contribution >= 0.6 is 11.8 Å². The molecular weight excluding hydrogens is 286 g/mol. The Morgan fingerprint density at radius 2 is 2.30 bits per heavy atom. The third-order valence-corrected chi connectivity index (χ3v) is 3.38. The highest BCUT2D eigenvalue weighted by Crippen LogP contribution is 2.34. The Kier molecular flexibility index (Phi) is 3.98. The van der Waals surface area contributed by atoms with Crippen LogP contribution in [0.3, 0.4) is 0 Å². The molecule has 0 radical (unpaired) electrons. The fourth-order valence-electron chi connectivity index (χ4n) is 1.41. The first-order chi connectivity index (χ1) is 9.54. The maximum absolute atomic E-state index is 11.3. The summed E-state index contributed by atoms with van der Waals surface area (Å²) in [6.07, 6.45) is 1.22. The molecule has 0 saturated heterocycles. The summed E-state index contributed by atoms with van der Waals surface area (Å²) in [6, 6.07) is 0. The van der Waals surface area contributed by atoms with Gasteiger partial charge in [0.05, 0.1) is 4.92 Å². The standard InChI is InChI=1S/C9H11N7O3S/c1-3-10-6-5(16(18)19)7(12-4-11-6)20-9-14-13-8(17)15(9)2/h4H,3H2,1-2H3,(H,13,17)(H,10,11,12). The molecule has 0 spiro atoms. The Hall–Kier alpha value is -2.43. The minimum atomic E-state index is -0.564. The largest absolute Gasteiger partial charge is 0.364 e. The quantitative estimate of drug-likeness (QED) is 0.460. The molecule has 0 saturated carbocycles. The van der Waals surface area contributed by atoms with Gasteiger partial charge in [0, 0.05) is 13.6 Å². The number of rotatable bonds is 5. The molecule has 0 aliphatic heterocycles. The van der Waals surface area contributed by atoms with Crippen molar-refractivity contribution in [2.24, 2.45) is 7.05 Å². The maximum Gasteiger partial charge on any atom is 0.343 e. The van der Waals surface area contributed by atoms with Gasteiger partial charge >= 0.3 is 11.4 Å². The molecule has 0 unspecified atom stereocenters. The van der Waals surface area contributed by atoms with Crippen LogP contribution in [0, 0.1) is 10.1 Å². The minimum Gasteiger partial charge on any atom is -0.364 e. The van der Waals surface area contributed by atoms with Crippen molar-refractivity contribution in [2.75, 3.05) is 11.9 Å². The molecule has 0 amide bonds. The second-order valence-corrected chi connectivity index (χ2v) is 4.59. The van der Waals surface area contributed by atoms with Crippen LogP contribution in [0.2, 0.25) is 0 Å². The highest BCUT2D eigenvalue weighted by Gasteiger charge is 2.24. The summed E-state index contributed by atoms with van der Waals surface area (Å²) >= 11 is 0.918. The molecule has 10 nitrogen and oxygen atoms in total. The zero-order chi connectivity index (χ0) is 14.7. The smallest absolute Gasteiger partial charge is 0.343 e. The second-order valence-electron chi connectivity index (χ2n) is 3.64. The van der Waals surface area contributed by atoms with Gasteiger partial charge < -0.3 is 5.32 Å². The number of nitro groups is 1. The highest BCUT2D eigenvalue weighted by atomic mass is 32.2. The molecule has 2 N–H and O–H groups in total. The Bertz CT molecular complexity index is 695. The Morgan fingerprint density at radius 3 is 2.85 bits per heavy atom. The lowest BCUT2D eigenvalue weighted by molar-refractivity contribution is -0.387. The van der Waals surface area contributed by atoms with E-state index >= 15 is 0 Å². The fraction of sp³-hybridized carbons (Fsp3) is 0.333. The van der Waals surface area contributed by atoms with Crippen molar-refractivity contribution < 1.29 is 4.92 Å². The molecule has 2 aromatic rings. The molecule has 20 heavy (non-hydrogen) atoms. The lowest BCUT2D eigenvalue weighted by Crippen LogP contribution is -2.13. The number of aromatic nitrogens is 5. The monoisotopic (exact) mass is 297 g/mol. The van der Waals surface area contributed by atoms with E-state index < -0.39 is 10.6 Å². The molecule has 0 fully saturated rings. The summed E-state index contributed by atoms with van der Waals surface area (Å²) in [5.41, 5.74) is -0.647. The highest BCUT2D eigenvalue weighted by molar-refractivity contribution is 7.99. The number of hydrogen-bond donors (Lipinski definition) is 2. The number of anilines is 1. The summed E-state index contributed by atoms with van der Waals surface area (Å²) in [5, 5.41) is 20.4. The molecule has 11 heteroatoms. The third kappa shape index (κ3) is 2.61. The molecule has 0 bridgehead atoms. The van der Waals surface area contributed by atoms with E-state index in [0.29, 0.717) is 6.54 Å². The van der Waals surface area contributed by atoms with Gasteiger partial charge in [0.15, 0.2) is 10.2 Å². The first kappa shape index (κ1) is 14.0. The van der Waals surface area contributed by atoms with E-state index in [1.165, 1.54) is 17.9 Å². The molecule has 106 valence electrons. The van der Waals surface area contributed by atoms with Crippen LogP contribution in [0.25, 0.3) is 0 Å². The lowest BCUT2D eigenvalue weighted by Gasteiger charge is -2.05. The van der Waals surface area contributed by atoms with E-state index in [4.69, 9.17) is 0 Å². The zero-order valence-electron chi connectivity index (χ0n) is 10.7. The molecular formula is C9H11N7O3S. The van der Waals surface area contributed by atoms with Crippen molar-refractivity contribution in [3.05, 3.63) is 26.9 Å². The van der Waals surface area contributed by atoms with Crippen LogP contribution in [-0.2, 0) is 7.05 Å². The molecule has 0 aliphatic carbocycles. The summed E-state index contributed by atoms with van der Waals surface area (Å²) in [6.45, 7) is 2.29. The average Bonchev–Trinajstić information content (AvgIpc) is 2.71. The summed E-state index contributed by atoms with van der Waals surface area (Å²) < 4.78 is 1.24. The topological polar surface area (TPSA) is 132 Å². The van der Waals surface area contributed by atoms with Gasteiger partial charge in [0.25, 0.3) is 0 Å². The molecule has 2 aromatic heterocycles. The van der Waals surface area contributed by atoms with Crippen molar-refractivity contribution in [1.29, 1.82) is 0 Å². The van der Waals surface area contributed by atoms with Gasteiger partial charge in [-0.25, -0.2) is 19.9 Å². The van der Waals surface area contributed by atoms with Gasteiger partial charge in [-0.05, 0) is 18.7 Å². The van der Waals surface area contributed by atoms with E-state index in [0.717, 1.165) is 11.8 Å². The third-order valence-electron chi connectivity index (χ3n) is 2.34. The van der Waals surface area contributed by atoms with Crippen LogP contribution in [0.5, 0.6) is 0 Å². The predicted octanol–water partition coefficient (Wildman–Crippen LogP) is 0.390. The Balaban J connectivity index is 2.46. The van der Waals surface area contributed by atoms with Gasteiger partial charge in [0.1, 0.15) is 6.33 Å². The van der Waals surface area contributed by atoms with Crippen molar-refractivity contribution in [1.82, 2.24) is 24.7 Å². The predicted molar refractivity (Wildman–Crippen MR) is 70.8 cm³/mol. The van der Waals surface area contributed by atoms with Crippen molar-refractivity contribution in [2.45, 2.75) is 17.1 Å². The van der Waals surface area contributed by atoms with E-state index in [1.807, 2.05) is 0 Å². The SMILES string of the molecule is CCNc1ncnc(Sc2n[nH]c(=O)n2C)c1[N+](=O)[O-]. The number of nitrogens with one attached hydrogen (secondary N) is 2. The average molecular weight is 297 g/mol. The summed E-state index contributed by atoms with van der Waals surface area (Å²) in [7, 11) is 1.51. The second kappa shape index (κ2) is 5.69. The van der Waals surface area contributed by atoms with Crippen LogP contribution < -0.4 is 11.0 Å². The molecule has 2 rings (SSSR count).